The fraction of sp³-hybridized carbons (Fsp3) is 0.300. The first-order chi connectivity index (χ1) is 13.4. The van der Waals surface area contributed by atoms with Gasteiger partial charge in [0, 0.05) is 25.1 Å². The summed E-state index contributed by atoms with van der Waals surface area (Å²) in [6.45, 7) is 1.01. The summed E-state index contributed by atoms with van der Waals surface area (Å²) in [5.74, 6) is -1.70. The average Bonchev–Trinajstić information content (AvgIpc) is 3.24. The monoisotopic (exact) mass is 402 g/mol. The number of carbonyl (C=O) groups is 2. The number of hydrogen-bond donors (Lipinski definition) is 2. The molecule has 1 fully saturated rings. The van der Waals surface area contributed by atoms with Crippen molar-refractivity contribution in [2.75, 3.05) is 13.1 Å². The van der Waals surface area contributed by atoms with Gasteiger partial charge in [-0.25, -0.2) is 13.2 Å². The van der Waals surface area contributed by atoms with E-state index in [2.05, 4.69) is 5.32 Å². The summed E-state index contributed by atoms with van der Waals surface area (Å²) in [6.07, 6.45) is 1.85. The highest BCUT2D eigenvalue weighted by atomic mass is 32.2. The Bertz CT molecular complexity index is 936. The maximum Gasteiger partial charge on any atom is 0.326 e. The fourth-order valence-corrected chi connectivity index (χ4v) is 4.66. The summed E-state index contributed by atoms with van der Waals surface area (Å²) in [4.78, 5) is 24.1. The SMILES string of the molecule is O=C(N[C@H](Cc1ccccc1)C(=O)O)c1ccc(S(=O)(=O)N2CCCC2)cc1. The standard InChI is InChI=1S/C20H22N2O5S/c23-19(21-18(20(24)25)14-15-6-2-1-3-7-15)16-8-10-17(11-9-16)28(26,27)22-12-4-5-13-22/h1-3,6-11,18H,4-5,12-14H2,(H,21,23)(H,24,25)/t18-/m1/s1. The second kappa shape index (κ2) is 8.53. The molecule has 0 saturated carbocycles. The number of benzene rings is 2. The molecule has 28 heavy (non-hydrogen) atoms. The highest BCUT2D eigenvalue weighted by molar-refractivity contribution is 7.89. The number of sulfonamides is 1. The molecule has 3 rings (SSSR count). The van der Waals surface area contributed by atoms with E-state index in [1.807, 2.05) is 6.07 Å². The van der Waals surface area contributed by atoms with E-state index >= 15 is 0 Å². The minimum atomic E-state index is -3.55. The quantitative estimate of drug-likeness (QED) is 0.736. The van der Waals surface area contributed by atoms with Gasteiger partial charge in [0.25, 0.3) is 5.91 Å². The first-order valence-corrected chi connectivity index (χ1v) is 10.5. The lowest BCUT2D eigenvalue weighted by molar-refractivity contribution is -0.139. The third-order valence-corrected chi connectivity index (χ3v) is 6.62. The molecule has 2 N–H and O–H groups in total. The molecule has 1 amide bonds. The van der Waals surface area contributed by atoms with Crippen LogP contribution in [-0.2, 0) is 21.2 Å². The number of amides is 1. The molecule has 1 atom stereocenters. The smallest absolute Gasteiger partial charge is 0.326 e. The number of rotatable bonds is 7. The second-order valence-electron chi connectivity index (χ2n) is 6.69. The van der Waals surface area contributed by atoms with Gasteiger partial charge < -0.3 is 10.4 Å². The first kappa shape index (κ1) is 20.0. The summed E-state index contributed by atoms with van der Waals surface area (Å²) in [7, 11) is -3.55. The van der Waals surface area contributed by atoms with E-state index in [9.17, 15) is 23.1 Å². The van der Waals surface area contributed by atoms with Crippen LogP contribution in [0.1, 0.15) is 28.8 Å². The highest BCUT2D eigenvalue weighted by Crippen LogP contribution is 2.21. The largest absolute Gasteiger partial charge is 0.480 e. The van der Waals surface area contributed by atoms with Crippen LogP contribution in [0.2, 0.25) is 0 Å². The highest BCUT2D eigenvalue weighted by Gasteiger charge is 2.27. The molecule has 7 nitrogen and oxygen atoms in total. The van der Waals surface area contributed by atoms with E-state index in [0.717, 1.165) is 18.4 Å². The van der Waals surface area contributed by atoms with Crippen molar-refractivity contribution in [1.29, 1.82) is 0 Å². The van der Waals surface area contributed by atoms with Crippen molar-refractivity contribution in [3.05, 3.63) is 65.7 Å². The van der Waals surface area contributed by atoms with Crippen molar-refractivity contribution >= 4 is 21.9 Å². The van der Waals surface area contributed by atoms with Crippen LogP contribution in [-0.4, -0.2) is 48.8 Å². The summed E-state index contributed by atoms with van der Waals surface area (Å²) in [6, 6.07) is 13.5. The number of nitrogens with one attached hydrogen (secondary N) is 1. The maximum atomic E-state index is 12.5. The number of carboxylic acids is 1. The topological polar surface area (TPSA) is 104 Å². The Labute approximate surface area is 164 Å². The molecule has 2 aromatic rings. The fourth-order valence-electron chi connectivity index (χ4n) is 3.15. The Kier molecular flexibility index (Phi) is 6.11. The van der Waals surface area contributed by atoms with Crippen LogP contribution in [0.25, 0.3) is 0 Å². The molecule has 148 valence electrons. The van der Waals surface area contributed by atoms with Gasteiger partial charge in [0.1, 0.15) is 6.04 Å². The Balaban J connectivity index is 1.70. The zero-order chi connectivity index (χ0) is 20.1. The van der Waals surface area contributed by atoms with Gasteiger partial charge in [0.15, 0.2) is 0 Å². The van der Waals surface area contributed by atoms with Gasteiger partial charge in [-0.3, -0.25) is 4.79 Å². The normalized spacial score (nSPS) is 15.9. The molecule has 0 unspecified atom stereocenters. The molecule has 0 radical (unpaired) electrons. The minimum Gasteiger partial charge on any atom is -0.480 e. The number of carbonyl (C=O) groups excluding carboxylic acids is 1. The molecule has 0 bridgehead atoms. The van der Waals surface area contributed by atoms with Gasteiger partial charge in [-0.2, -0.15) is 4.31 Å². The van der Waals surface area contributed by atoms with Crippen LogP contribution in [0, 0.1) is 0 Å². The van der Waals surface area contributed by atoms with Crippen molar-refractivity contribution in [3.8, 4) is 0 Å². The molecule has 2 aromatic carbocycles. The Morgan fingerprint density at radius 1 is 1.00 bits per heavy atom. The molecule has 1 aliphatic rings. The van der Waals surface area contributed by atoms with Crippen molar-refractivity contribution in [1.82, 2.24) is 9.62 Å². The van der Waals surface area contributed by atoms with Crippen molar-refractivity contribution in [2.24, 2.45) is 0 Å². The summed E-state index contributed by atoms with van der Waals surface area (Å²) < 4.78 is 26.5. The van der Waals surface area contributed by atoms with Gasteiger partial charge in [-0.1, -0.05) is 30.3 Å². The molecule has 0 aromatic heterocycles. The predicted octanol–water partition coefficient (Wildman–Crippen LogP) is 1.90. The molecule has 1 heterocycles. The summed E-state index contributed by atoms with van der Waals surface area (Å²) in [5.41, 5.74) is 1.00. The van der Waals surface area contributed by atoms with E-state index in [4.69, 9.17) is 0 Å². The van der Waals surface area contributed by atoms with Gasteiger partial charge >= 0.3 is 5.97 Å². The summed E-state index contributed by atoms with van der Waals surface area (Å²) >= 11 is 0. The molecular formula is C20H22N2O5S. The third-order valence-electron chi connectivity index (χ3n) is 4.71. The van der Waals surface area contributed by atoms with Crippen LogP contribution in [0.3, 0.4) is 0 Å². The number of carboxylic acid groups (broad SMARTS) is 1. The number of nitrogens with zero attached hydrogens (tertiary/aromatic N) is 1. The van der Waals surface area contributed by atoms with E-state index in [1.54, 1.807) is 24.3 Å². The summed E-state index contributed by atoms with van der Waals surface area (Å²) in [5, 5.41) is 11.9. The van der Waals surface area contributed by atoms with Gasteiger partial charge in [-0.05, 0) is 42.7 Å². The van der Waals surface area contributed by atoms with Crippen molar-refractivity contribution in [2.45, 2.75) is 30.2 Å². The second-order valence-corrected chi connectivity index (χ2v) is 8.63. The van der Waals surface area contributed by atoms with Gasteiger partial charge in [0.05, 0.1) is 4.90 Å². The number of hydrogen-bond acceptors (Lipinski definition) is 4. The molecule has 8 heteroatoms. The van der Waals surface area contributed by atoms with Crippen LogP contribution >= 0.6 is 0 Å². The van der Waals surface area contributed by atoms with E-state index in [-0.39, 0.29) is 16.9 Å². The van der Waals surface area contributed by atoms with E-state index < -0.39 is 27.9 Å². The zero-order valence-electron chi connectivity index (χ0n) is 15.2. The van der Waals surface area contributed by atoms with Crippen molar-refractivity contribution in [3.63, 3.8) is 0 Å². The zero-order valence-corrected chi connectivity index (χ0v) is 16.1. The molecule has 0 aliphatic carbocycles. The van der Waals surface area contributed by atoms with Gasteiger partial charge in [0.2, 0.25) is 10.0 Å². The third kappa shape index (κ3) is 4.58. The first-order valence-electron chi connectivity index (χ1n) is 9.06. The van der Waals surface area contributed by atoms with Crippen molar-refractivity contribution < 1.29 is 23.1 Å². The lowest BCUT2D eigenvalue weighted by Gasteiger charge is -2.16. The molecular weight excluding hydrogens is 380 g/mol. The van der Waals surface area contributed by atoms with E-state index in [0.29, 0.717) is 13.1 Å². The Hall–Kier alpha value is -2.71. The number of aliphatic carboxylic acids is 1. The molecule has 0 spiro atoms. The van der Waals surface area contributed by atoms with Crippen LogP contribution in [0.15, 0.2) is 59.5 Å². The van der Waals surface area contributed by atoms with Crippen LogP contribution in [0.4, 0.5) is 0 Å². The average molecular weight is 402 g/mol. The Morgan fingerprint density at radius 3 is 2.18 bits per heavy atom. The lowest BCUT2D eigenvalue weighted by Crippen LogP contribution is -2.42. The Morgan fingerprint density at radius 2 is 1.61 bits per heavy atom. The molecule has 1 aliphatic heterocycles. The van der Waals surface area contributed by atoms with Crippen LogP contribution < -0.4 is 5.32 Å². The van der Waals surface area contributed by atoms with Gasteiger partial charge in [-0.15, -0.1) is 0 Å². The minimum absolute atomic E-state index is 0.130. The predicted molar refractivity (Wildman–Crippen MR) is 103 cm³/mol. The lowest BCUT2D eigenvalue weighted by atomic mass is 10.1. The van der Waals surface area contributed by atoms with E-state index in [1.165, 1.54) is 28.6 Å². The van der Waals surface area contributed by atoms with Crippen LogP contribution in [0.5, 0.6) is 0 Å². The molecule has 1 saturated heterocycles. The maximum absolute atomic E-state index is 12.5.